The highest BCUT2D eigenvalue weighted by atomic mass is 32.2. The maximum atomic E-state index is 11.5. The number of aliphatic hydroxyl groups excluding tert-OH is 1. The van der Waals surface area contributed by atoms with Crippen LogP contribution in [0.4, 0.5) is 5.69 Å². The van der Waals surface area contributed by atoms with Crippen molar-refractivity contribution in [2.75, 3.05) is 24.6 Å². The van der Waals surface area contributed by atoms with Gasteiger partial charge in [0.15, 0.2) is 0 Å². The summed E-state index contributed by atoms with van der Waals surface area (Å²) < 4.78 is 30.5. The zero-order chi connectivity index (χ0) is 13.6. The molecule has 0 fully saturated rings. The van der Waals surface area contributed by atoms with Gasteiger partial charge in [0, 0.05) is 12.2 Å². The Balaban J connectivity index is 2.34. The maximum Gasteiger partial charge on any atom is 0.215 e. The summed E-state index contributed by atoms with van der Waals surface area (Å²) in [6, 6.07) is 6.70. The summed E-state index contributed by atoms with van der Waals surface area (Å²) in [7, 11) is -3.41. The molecule has 1 atom stereocenters. The molecule has 0 aliphatic carbocycles. The van der Waals surface area contributed by atoms with Crippen LogP contribution in [0.5, 0.6) is 5.75 Å². The van der Waals surface area contributed by atoms with E-state index in [1.54, 1.807) is 24.3 Å². The minimum atomic E-state index is -3.41. The molecular weight excluding hydrogens is 256 g/mol. The van der Waals surface area contributed by atoms with E-state index in [0.29, 0.717) is 11.4 Å². The fourth-order valence-corrected chi connectivity index (χ4v) is 2.10. The zero-order valence-corrected chi connectivity index (χ0v) is 11.0. The van der Waals surface area contributed by atoms with Gasteiger partial charge in [0.2, 0.25) is 10.0 Å². The fourth-order valence-electron chi connectivity index (χ4n) is 1.15. The molecule has 0 amide bonds. The third-order valence-corrected chi connectivity index (χ3v) is 3.41. The van der Waals surface area contributed by atoms with Crippen LogP contribution in [0.1, 0.15) is 6.92 Å². The normalized spacial score (nSPS) is 13.2. The Labute approximate surface area is 107 Å². The number of anilines is 1. The van der Waals surface area contributed by atoms with Gasteiger partial charge in [-0.25, -0.2) is 13.1 Å². The van der Waals surface area contributed by atoms with Crippen LogP contribution >= 0.6 is 0 Å². The Morgan fingerprint density at radius 3 is 2.56 bits per heavy atom. The maximum absolute atomic E-state index is 11.5. The number of sulfonamides is 1. The van der Waals surface area contributed by atoms with Crippen molar-refractivity contribution in [2.24, 2.45) is 0 Å². The SMILES string of the molecule is CC(O)CNS(=O)(=O)CCOc1ccc(N)cc1. The van der Waals surface area contributed by atoms with Crippen LogP contribution in [0.25, 0.3) is 0 Å². The van der Waals surface area contributed by atoms with E-state index < -0.39 is 16.1 Å². The van der Waals surface area contributed by atoms with Crippen LogP contribution in [-0.4, -0.2) is 38.5 Å². The highest BCUT2D eigenvalue weighted by molar-refractivity contribution is 7.89. The van der Waals surface area contributed by atoms with Crippen LogP contribution in [0.3, 0.4) is 0 Å². The van der Waals surface area contributed by atoms with Crippen LogP contribution in [-0.2, 0) is 10.0 Å². The van der Waals surface area contributed by atoms with E-state index in [4.69, 9.17) is 15.6 Å². The monoisotopic (exact) mass is 274 g/mol. The van der Waals surface area contributed by atoms with Gasteiger partial charge in [-0.05, 0) is 31.2 Å². The molecular formula is C11H18N2O4S. The molecule has 0 radical (unpaired) electrons. The number of hydrogen-bond acceptors (Lipinski definition) is 5. The first-order valence-electron chi connectivity index (χ1n) is 5.53. The minimum absolute atomic E-state index is 0.00417. The van der Waals surface area contributed by atoms with Gasteiger partial charge in [-0.3, -0.25) is 0 Å². The summed E-state index contributed by atoms with van der Waals surface area (Å²) in [6.45, 7) is 1.55. The predicted molar refractivity (Wildman–Crippen MR) is 69.8 cm³/mol. The van der Waals surface area contributed by atoms with Crippen molar-refractivity contribution in [1.29, 1.82) is 0 Å². The van der Waals surface area contributed by atoms with Gasteiger partial charge in [-0.15, -0.1) is 0 Å². The molecule has 6 nitrogen and oxygen atoms in total. The lowest BCUT2D eigenvalue weighted by Gasteiger charge is -2.09. The second kappa shape index (κ2) is 6.58. The molecule has 0 heterocycles. The summed E-state index contributed by atoms with van der Waals surface area (Å²) in [5.41, 5.74) is 6.13. The minimum Gasteiger partial charge on any atom is -0.492 e. The molecule has 0 aliphatic rings. The summed E-state index contributed by atoms with van der Waals surface area (Å²) in [6.07, 6.45) is -0.710. The zero-order valence-electron chi connectivity index (χ0n) is 10.2. The molecule has 102 valence electrons. The lowest BCUT2D eigenvalue weighted by molar-refractivity contribution is 0.198. The van der Waals surface area contributed by atoms with Crippen molar-refractivity contribution >= 4 is 15.7 Å². The average molecular weight is 274 g/mol. The van der Waals surface area contributed by atoms with E-state index >= 15 is 0 Å². The Morgan fingerprint density at radius 2 is 2.00 bits per heavy atom. The van der Waals surface area contributed by atoms with Crippen molar-refractivity contribution in [3.8, 4) is 5.75 Å². The molecule has 0 aromatic heterocycles. The number of rotatable bonds is 7. The first-order chi connectivity index (χ1) is 8.39. The highest BCUT2D eigenvalue weighted by Gasteiger charge is 2.11. The molecule has 18 heavy (non-hydrogen) atoms. The Morgan fingerprint density at radius 1 is 1.39 bits per heavy atom. The number of nitrogen functional groups attached to an aromatic ring is 1. The summed E-state index contributed by atoms with van der Waals surface area (Å²) in [4.78, 5) is 0. The van der Waals surface area contributed by atoms with E-state index in [1.807, 2.05) is 0 Å². The van der Waals surface area contributed by atoms with Gasteiger partial charge in [-0.2, -0.15) is 0 Å². The molecule has 1 rings (SSSR count). The van der Waals surface area contributed by atoms with Crippen molar-refractivity contribution in [1.82, 2.24) is 4.72 Å². The molecule has 4 N–H and O–H groups in total. The van der Waals surface area contributed by atoms with Crippen molar-refractivity contribution < 1.29 is 18.3 Å². The van der Waals surface area contributed by atoms with Crippen LogP contribution < -0.4 is 15.2 Å². The molecule has 1 unspecified atom stereocenters. The third kappa shape index (κ3) is 5.85. The van der Waals surface area contributed by atoms with Gasteiger partial charge < -0.3 is 15.6 Å². The smallest absolute Gasteiger partial charge is 0.215 e. The number of hydrogen-bond donors (Lipinski definition) is 3. The van der Waals surface area contributed by atoms with Crippen LogP contribution in [0.15, 0.2) is 24.3 Å². The van der Waals surface area contributed by atoms with E-state index in [1.165, 1.54) is 6.92 Å². The molecule has 1 aromatic rings. The second-order valence-corrected chi connectivity index (χ2v) is 5.86. The van der Waals surface area contributed by atoms with E-state index in [-0.39, 0.29) is 18.9 Å². The average Bonchev–Trinajstić information content (AvgIpc) is 2.29. The van der Waals surface area contributed by atoms with Gasteiger partial charge in [-0.1, -0.05) is 0 Å². The quantitative estimate of drug-likeness (QED) is 0.605. The molecule has 7 heteroatoms. The molecule has 1 aromatic carbocycles. The highest BCUT2D eigenvalue weighted by Crippen LogP contribution is 2.12. The van der Waals surface area contributed by atoms with Gasteiger partial charge in [0.25, 0.3) is 0 Å². The number of nitrogens with two attached hydrogens (primary N) is 1. The van der Waals surface area contributed by atoms with Crippen molar-refractivity contribution in [2.45, 2.75) is 13.0 Å². The number of ether oxygens (including phenoxy) is 1. The molecule has 0 saturated carbocycles. The Bertz CT molecular complexity index is 456. The molecule has 0 saturated heterocycles. The van der Waals surface area contributed by atoms with E-state index in [0.717, 1.165) is 0 Å². The Kier molecular flexibility index (Phi) is 5.39. The van der Waals surface area contributed by atoms with Crippen molar-refractivity contribution in [3.05, 3.63) is 24.3 Å². The predicted octanol–water partition coefficient (Wildman–Crippen LogP) is -0.0522. The topological polar surface area (TPSA) is 102 Å². The molecule has 0 spiro atoms. The lowest BCUT2D eigenvalue weighted by Crippen LogP contribution is -2.34. The standard InChI is InChI=1S/C11H18N2O4S/c1-9(14)8-13-18(15,16)7-6-17-11-4-2-10(12)3-5-11/h2-5,9,13-14H,6-8,12H2,1H3. The summed E-state index contributed by atoms with van der Waals surface area (Å²) in [5.74, 6) is 0.402. The van der Waals surface area contributed by atoms with Gasteiger partial charge >= 0.3 is 0 Å². The number of benzene rings is 1. The van der Waals surface area contributed by atoms with Crippen LogP contribution in [0.2, 0.25) is 0 Å². The first-order valence-corrected chi connectivity index (χ1v) is 7.18. The van der Waals surface area contributed by atoms with Gasteiger partial charge in [0.1, 0.15) is 12.4 Å². The summed E-state index contributed by atoms with van der Waals surface area (Å²) >= 11 is 0. The summed E-state index contributed by atoms with van der Waals surface area (Å²) in [5, 5.41) is 8.98. The van der Waals surface area contributed by atoms with Crippen LogP contribution in [0, 0.1) is 0 Å². The first kappa shape index (κ1) is 14.7. The third-order valence-electron chi connectivity index (χ3n) is 2.10. The Hall–Kier alpha value is -1.31. The lowest BCUT2D eigenvalue weighted by atomic mass is 10.3. The van der Waals surface area contributed by atoms with Crippen molar-refractivity contribution in [3.63, 3.8) is 0 Å². The molecule has 0 bridgehead atoms. The fraction of sp³-hybridized carbons (Fsp3) is 0.455. The number of nitrogens with one attached hydrogen (secondary N) is 1. The molecule has 0 aliphatic heterocycles. The largest absolute Gasteiger partial charge is 0.492 e. The van der Waals surface area contributed by atoms with E-state index in [9.17, 15) is 8.42 Å². The number of aliphatic hydroxyl groups is 1. The van der Waals surface area contributed by atoms with E-state index in [2.05, 4.69) is 4.72 Å². The van der Waals surface area contributed by atoms with Gasteiger partial charge in [0.05, 0.1) is 11.9 Å². The second-order valence-electron chi connectivity index (χ2n) is 3.93.